The van der Waals surface area contributed by atoms with Gasteiger partial charge in [-0.3, -0.25) is 4.79 Å². The van der Waals surface area contributed by atoms with E-state index in [-0.39, 0.29) is 0 Å². The van der Waals surface area contributed by atoms with Crippen molar-refractivity contribution in [3.8, 4) is 0 Å². The van der Waals surface area contributed by atoms with Crippen LogP contribution in [0.3, 0.4) is 0 Å². The second-order valence-electron chi connectivity index (χ2n) is 5.97. The monoisotopic (exact) mass is 331 g/mol. The fourth-order valence-corrected chi connectivity index (χ4v) is 2.70. The first kappa shape index (κ1) is 16.6. The van der Waals surface area contributed by atoms with E-state index in [1.165, 1.54) is 0 Å². The highest BCUT2D eigenvalue weighted by Gasteiger charge is 2.10. The molecule has 0 aliphatic rings. The van der Waals surface area contributed by atoms with Crippen LogP contribution >= 0.6 is 0 Å². The zero-order chi connectivity index (χ0) is 17.8. The fourth-order valence-electron chi connectivity index (χ4n) is 2.70. The van der Waals surface area contributed by atoms with E-state index in [2.05, 4.69) is 10.6 Å². The maximum absolute atomic E-state index is 11.4. The van der Waals surface area contributed by atoms with Crippen molar-refractivity contribution in [1.82, 2.24) is 0 Å². The molecule has 0 saturated carbocycles. The highest BCUT2D eigenvalue weighted by molar-refractivity contribution is 5.95. The van der Waals surface area contributed by atoms with Crippen LogP contribution in [-0.2, 0) is 0 Å². The molecule has 0 aliphatic heterocycles. The zero-order valence-corrected chi connectivity index (χ0v) is 14.3. The first-order valence-electron chi connectivity index (χ1n) is 8.14. The highest BCUT2D eigenvalue weighted by atomic mass is 16.1. The Bertz CT molecular complexity index is 887. The van der Waals surface area contributed by atoms with Crippen LogP contribution in [0.15, 0.2) is 66.7 Å². The van der Waals surface area contributed by atoms with Crippen molar-refractivity contribution in [2.45, 2.75) is 13.8 Å². The lowest BCUT2D eigenvalue weighted by Crippen LogP contribution is -2.13. The molecule has 0 atom stereocenters. The lowest BCUT2D eigenvalue weighted by Gasteiger charge is -2.14. The zero-order valence-electron chi connectivity index (χ0n) is 14.3. The van der Waals surface area contributed by atoms with Gasteiger partial charge in [-0.05, 0) is 73.5 Å². The minimum Gasteiger partial charge on any atom is -0.366 e. The second kappa shape index (κ2) is 7.09. The van der Waals surface area contributed by atoms with Crippen LogP contribution < -0.4 is 16.4 Å². The van der Waals surface area contributed by atoms with Crippen molar-refractivity contribution in [2.75, 3.05) is 10.6 Å². The van der Waals surface area contributed by atoms with E-state index in [1.807, 2.05) is 74.5 Å². The Morgan fingerprint density at radius 3 is 1.88 bits per heavy atom. The SMILES string of the molecule is Cc1c(Nc2ccc(Nc3ccccc3)cc2)ccc(C(N)=O)c1C. The molecule has 0 aliphatic carbocycles. The van der Waals surface area contributed by atoms with E-state index in [0.717, 1.165) is 33.9 Å². The molecule has 4 N–H and O–H groups in total. The Morgan fingerprint density at radius 1 is 0.720 bits per heavy atom. The van der Waals surface area contributed by atoms with Crippen LogP contribution in [0.4, 0.5) is 22.7 Å². The molecule has 0 unspecified atom stereocenters. The molecule has 25 heavy (non-hydrogen) atoms. The molecule has 0 saturated heterocycles. The number of hydrogen-bond donors (Lipinski definition) is 3. The van der Waals surface area contributed by atoms with Crippen molar-refractivity contribution >= 4 is 28.7 Å². The van der Waals surface area contributed by atoms with Crippen LogP contribution in [0.25, 0.3) is 0 Å². The van der Waals surface area contributed by atoms with Gasteiger partial charge in [0.25, 0.3) is 0 Å². The molecule has 3 rings (SSSR count). The number of amides is 1. The van der Waals surface area contributed by atoms with E-state index in [1.54, 1.807) is 6.07 Å². The number of anilines is 4. The largest absolute Gasteiger partial charge is 0.366 e. The number of primary amides is 1. The number of rotatable bonds is 5. The minimum absolute atomic E-state index is 0.400. The normalized spacial score (nSPS) is 10.3. The molecule has 0 aromatic heterocycles. The van der Waals surface area contributed by atoms with E-state index in [0.29, 0.717) is 5.56 Å². The van der Waals surface area contributed by atoms with E-state index < -0.39 is 5.91 Å². The Hall–Kier alpha value is -3.27. The summed E-state index contributed by atoms with van der Waals surface area (Å²) >= 11 is 0. The smallest absolute Gasteiger partial charge is 0.248 e. The average Bonchev–Trinajstić information content (AvgIpc) is 2.61. The molecular formula is C21H21N3O. The predicted molar refractivity (Wildman–Crippen MR) is 104 cm³/mol. The van der Waals surface area contributed by atoms with Crippen LogP contribution in [0.5, 0.6) is 0 Å². The third kappa shape index (κ3) is 3.80. The Balaban J connectivity index is 1.76. The molecule has 0 fully saturated rings. The van der Waals surface area contributed by atoms with E-state index in [4.69, 9.17) is 5.73 Å². The van der Waals surface area contributed by atoms with Crippen molar-refractivity contribution in [3.05, 3.63) is 83.4 Å². The number of hydrogen-bond acceptors (Lipinski definition) is 3. The van der Waals surface area contributed by atoms with Gasteiger partial charge in [-0.15, -0.1) is 0 Å². The average molecular weight is 331 g/mol. The summed E-state index contributed by atoms with van der Waals surface area (Å²) in [6.45, 7) is 3.89. The molecule has 4 nitrogen and oxygen atoms in total. The van der Waals surface area contributed by atoms with Gasteiger partial charge in [0.15, 0.2) is 0 Å². The topological polar surface area (TPSA) is 67.2 Å². The van der Waals surface area contributed by atoms with Gasteiger partial charge in [0.2, 0.25) is 5.91 Å². The number of nitrogens with two attached hydrogens (primary N) is 1. The molecule has 0 bridgehead atoms. The van der Waals surface area contributed by atoms with Gasteiger partial charge in [-0.1, -0.05) is 18.2 Å². The maximum Gasteiger partial charge on any atom is 0.248 e. The minimum atomic E-state index is -0.400. The number of carbonyl (C=O) groups is 1. The van der Waals surface area contributed by atoms with Crippen molar-refractivity contribution in [2.24, 2.45) is 5.73 Å². The van der Waals surface area contributed by atoms with Crippen molar-refractivity contribution in [1.29, 1.82) is 0 Å². The molecule has 0 spiro atoms. The van der Waals surface area contributed by atoms with Crippen molar-refractivity contribution in [3.63, 3.8) is 0 Å². The van der Waals surface area contributed by atoms with Crippen LogP contribution in [0.1, 0.15) is 21.5 Å². The van der Waals surface area contributed by atoms with E-state index >= 15 is 0 Å². The predicted octanol–water partition coefficient (Wildman–Crippen LogP) is 4.89. The summed E-state index contributed by atoms with van der Waals surface area (Å²) in [5.74, 6) is -0.400. The van der Waals surface area contributed by atoms with Crippen LogP contribution in [-0.4, -0.2) is 5.91 Å². The summed E-state index contributed by atoms with van der Waals surface area (Å²) in [5, 5.41) is 6.75. The third-order valence-corrected chi connectivity index (χ3v) is 4.28. The van der Waals surface area contributed by atoms with Crippen LogP contribution in [0.2, 0.25) is 0 Å². The first-order valence-corrected chi connectivity index (χ1v) is 8.14. The van der Waals surface area contributed by atoms with Gasteiger partial charge >= 0.3 is 0 Å². The lowest BCUT2D eigenvalue weighted by atomic mass is 10.0. The van der Waals surface area contributed by atoms with Gasteiger partial charge < -0.3 is 16.4 Å². The van der Waals surface area contributed by atoms with Crippen LogP contribution in [0, 0.1) is 13.8 Å². The number of nitrogens with one attached hydrogen (secondary N) is 2. The Kier molecular flexibility index (Phi) is 4.70. The molecule has 1 amide bonds. The van der Waals surface area contributed by atoms with Crippen molar-refractivity contribution < 1.29 is 4.79 Å². The molecule has 3 aromatic carbocycles. The lowest BCUT2D eigenvalue weighted by molar-refractivity contribution is 0.0999. The molecule has 126 valence electrons. The van der Waals surface area contributed by atoms with Gasteiger partial charge in [-0.2, -0.15) is 0 Å². The number of carbonyl (C=O) groups excluding carboxylic acids is 1. The van der Waals surface area contributed by atoms with E-state index in [9.17, 15) is 4.79 Å². The number of benzene rings is 3. The molecule has 3 aromatic rings. The summed E-state index contributed by atoms with van der Waals surface area (Å²) in [6, 6.07) is 21.8. The standard InChI is InChI=1S/C21H21N3O/c1-14-15(2)20(13-12-19(14)21(22)25)24-18-10-8-17(9-11-18)23-16-6-4-3-5-7-16/h3-13,23-24H,1-2H3,(H2,22,25). The highest BCUT2D eigenvalue weighted by Crippen LogP contribution is 2.26. The second-order valence-corrected chi connectivity index (χ2v) is 5.97. The van der Waals surface area contributed by atoms with Gasteiger partial charge in [0.1, 0.15) is 0 Å². The van der Waals surface area contributed by atoms with Gasteiger partial charge in [0.05, 0.1) is 0 Å². The van der Waals surface area contributed by atoms with Gasteiger partial charge in [-0.25, -0.2) is 0 Å². The summed E-state index contributed by atoms with van der Waals surface area (Å²) in [4.78, 5) is 11.4. The summed E-state index contributed by atoms with van der Waals surface area (Å²) < 4.78 is 0. The molecular weight excluding hydrogens is 310 g/mol. The molecule has 0 radical (unpaired) electrons. The maximum atomic E-state index is 11.4. The molecule has 0 heterocycles. The third-order valence-electron chi connectivity index (χ3n) is 4.28. The Labute approximate surface area is 147 Å². The quantitative estimate of drug-likeness (QED) is 0.623. The number of para-hydroxylation sites is 1. The van der Waals surface area contributed by atoms with Gasteiger partial charge in [0, 0.05) is 28.3 Å². The summed E-state index contributed by atoms with van der Waals surface area (Å²) in [6.07, 6.45) is 0. The summed E-state index contributed by atoms with van der Waals surface area (Å²) in [7, 11) is 0. The summed E-state index contributed by atoms with van der Waals surface area (Å²) in [5.41, 5.74) is 11.9. The first-order chi connectivity index (χ1) is 12.0. The Morgan fingerprint density at radius 2 is 1.28 bits per heavy atom. The fraction of sp³-hybridized carbons (Fsp3) is 0.0952. The molecule has 4 heteroatoms.